The molecule has 0 radical (unpaired) electrons. The standard InChI is InChI=1S/C13H21N5O2/c1-2-7-17(8-9-19)13(20)12-10-18(16-15-12)11-3-5-14-6-4-11/h2,10-11,14,19H,1,3-9H2. The fourth-order valence-corrected chi connectivity index (χ4v) is 2.34. The van der Waals surface area contributed by atoms with Crippen LogP contribution in [0, 0.1) is 0 Å². The monoisotopic (exact) mass is 279 g/mol. The molecule has 1 aliphatic heterocycles. The number of hydrogen-bond donors (Lipinski definition) is 2. The van der Waals surface area contributed by atoms with Gasteiger partial charge in [-0.3, -0.25) is 4.79 Å². The van der Waals surface area contributed by atoms with Crippen molar-refractivity contribution in [2.24, 2.45) is 0 Å². The molecule has 1 aliphatic rings. The van der Waals surface area contributed by atoms with Crippen molar-refractivity contribution >= 4 is 5.91 Å². The van der Waals surface area contributed by atoms with Crippen LogP contribution in [0.25, 0.3) is 0 Å². The lowest BCUT2D eigenvalue weighted by Gasteiger charge is -2.22. The predicted molar refractivity (Wildman–Crippen MR) is 74.3 cm³/mol. The Morgan fingerprint density at radius 1 is 1.60 bits per heavy atom. The lowest BCUT2D eigenvalue weighted by molar-refractivity contribution is 0.0737. The third-order valence-corrected chi connectivity index (χ3v) is 3.42. The molecule has 1 amide bonds. The zero-order valence-electron chi connectivity index (χ0n) is 11.5. The van der Waals surface area contributed by atoms with Gasteiger partial charge in [-0.15, -0.1) is 11.7 Å². The van der Waals surface area contributed by atoms with Crippen LogP contribution in [-0.4, -0.2) is 63.7 Å². The summed E-state index contributed by atoms with van der Waals surface area (Å²) in [5.41, 5.74) is 0.318. The zero-order valence-corrected chi connectivity index (χ0v) is 11.5. The van der Waals surface area contributed by atoms with E-state index in [9.17, 15) is 4.79 Å². The van der Waals surface area contributed by atoms with Crippen molar-refractivity contribution in [2.45, 2.75) is 18.9 Å². The maximum atomic E-state index is 12.3. The molecule has 0 atom stereocenters. The Bertz CT molecular complexity index is 453. The van der Waals surface area contributed by atoms with Gasteiger partial charge in [0, 0.05) is 13.1 Å². The van der Waals surface area contributed by atoms with Crippen LogP contribution in [0.15, 0.2) is 18.9 Å². The van der Waals surface area contributed by atoms with Crippen LogP contribution in [0.4, 0.5) is 0 Å². The summed E-state index contributed by atoms with van der Waals surface area (Å²) in [6, 6.07) is 0.302. The molecule has 0 unspecified atom stereocenters. The first-order valence-corrected chi connectivity index (χ1v) is 6.90. The molecule has 7 nitrogen and oxygen atoms in total. The van der Waals surface area contributed by atoms with Gasteiger partial charge < -0.3 is 15.3 Å². The van der Waals surface area contributed by atoms with Crippen molar-refractivity contribution in [3.63, 3.8) is 0 Å². The van der Waals surface area contributed by atoms with Crippen LogP contribution in [0.3, 0.4) is 0 Å². The van der Waals surface area contributed by atoms with Gasteiger partial charge in [-0.25, -0.2) is 4.68 Å². The summed E-state index contributed by atoms with van der Waals surface area (Å²) in [5, 5.41) is 20.3. The first-order valence-electron chi connectivity index (χ1n) is 6.90. The average molecular weight is 279 g/mol. The molecule has 7 heteroatoms. The molecular formula is C13H21N5O2. The first-order chi connectivity index (χ1) is 9.76. The van der Waals surface area contributed by atoms with Crippen molar-refractivity contribution in [3.8, 4) is 0 Å². The number of nitrogens with one attached hydrogen (secondary N) is 1. The van der Waals surface area contributed by atoms with Gasteiger partial charge in [-0.05, 0) is 25.9 Å². The van der Waals surface area contributed by atoms with Crippen LogP contribution in [0.5, 0.6) is 0 Å². The summed E-state index contributed by atoms with van der Waals surface area (Å²) in [6.45, 7) is 6.11. The molecule has 2 heterocycles. The number of piperidine rings is 1. The molecule has 1 fully saturated rings. The molecule has 0 bridgehead atoms. The first kappa shape index (κ1) is 14.7. The van der Waals surface area contributed by atoms with Gasteiger partial charge in [-0.1, -0.05) is 11.3 Å². The second-order valence-corrected chi connectivity index (χ2v) is 4.83. The topological polar surface area (TPSA) is 83.3 Å². The Kier molecular flexibility index (Phi) is 5.25. The molecule has 2 N–H and O–H groups in total. The maximum absolute atomic E-state index is 12.3. The molecule has 0 saturated carbocycles. The fourth-order valence-electron chi connectivity index (χ4n) is 2.34. The molecule has 0 spiro atoms. The van der Waals surface area contributed by atoms with Gasteiger partial charge in [0.25, 0.3) is 5.91 Å². The number of carbonyl (C=O) groups is 1. The smallest absolute Gasteiger partial charge is 0.276 e. The second-order valence-electron chi connectivity index (χ2n) is 4.83. The number of aliphatic hydroxyl groups excluding tert-OH is 1. The minimum atomic E-state index is -0.223. The summed E-state index contributed by atoms with van der Waals surface area (Å²) in [4.78, 5) is 13.8. The summed E-state index contributed by atoms with van der Waals surface area (Å²) >= 11 is 0. The maximum Gasteiger partial charge on any atom is 0.276 e. The fraction of sp³-hybridized carbons (Fsp3) is 0.615. The number of hydrogen-bond acceptors (Lipinski definition) is 5. The Morgan fingerprint density at radius 3 is 3.00 bits per heavy atom. The van der Waals surface area contributed by atoms with Crippen LogP contribution in [0.2, 0.25) is 0 Å². The molecule has 2 rings (SSSR count). The largest absolute Gasteiger partial charge is 0.395 e. The quantitative estimate of drug-likeness (QED) is 0.706. The van der Waals surface area contributed by atoms with Crippen LogP contribution < -0.4 is 5.32 Å². The highest BCUT2D eigenvalue weighted by Crippen LogP contribution is 2.17. The highest BCUT2D eigenvalue weighted by Gasteiger charge is 2.21. The number of rotatable bonds is 6. The minimum Gasteiger partial charge on any atom is -0.395 e. The van der Waals surface area contributed by atoms with E-state index in [1.165, 1.54) is 4.90 Å². The third kappa shape index (κ3) is 3.43. The van der Waals surface area contributed by atoms with E-state index in [2.05, 4.69) is 22.2 Å². The van der Waals surface area contributed by atoms with E-state index in [1.807, 2.05) is 0 Å². The molecule has 0 aromatic carbocycles. The summed E-state index contributed by atoms with van der Waals surface area (Å²) in [6.07, 6.45) is 5.31. The number of amides is 1. The van der Waals surface area contributed by atoms with Crippen molar-refractivity contribution < 1.29 is 9.90 Å². The Hall–Kier alpha value is -1.73. The average Bonchev–Trinajstić information content (AvgIpc) is 2.97. The van der Waals surface area contributed by atoms with Gasteiger partial charge in [-0.2, -0.15) is 0 Å². The SMILES string of the molecule is C=CCN(CCO)C(=O)c1cn(C2CCNCC2)nn1. The molecule has 1 saturated heterocycles. The van der Waals surface area contributed by atoms with Gasteiger partial charge in [0.05, 0.1) is 18.8 Å². The second kappa shape index (κ2) is 7.16. The zero-order chi connectivity index (χ0) is 14.4. The van der Waals surface area contributed by atoms with Crippen molar-refractivity contribution in [1.29, 1.82) is 0 Å². The highest BCUT2D eigenvalue weighted by atomic mass is 16.3. The minimum absolute atomic E-state index is 0.0813. The molecular weight excluding hydrogens is 258 g/mol. The van der Waals surface area contributed by atoms with Crippen molar-refractivity contribution in [1.82, 2.24) is 25.2 Å². The van der Waals surface area contributed by atoms with Crippen LogP contribution in [-0.2, 0) is 0 Å². The van der Waals surface area contributed by atoms with E-state index in [1.54, 1.807) is 17.0 Å². The number of aliphatic hydroxyl groups is 1. The van der Waals surface area contributed by atoms with E-state index in [4.69, 9.17) is 5.11 Å². The van der Waals surface area contributed by atoms with Crippen molar-refractivity contribution in [2.75, 3.05) is 32.8 Å². The van der Waals surface area contributed by atoms with Gasteiger partial charge in [0.15, 0.2) is 5.69 Å². The van der Waals surface area contributed by atoms with E-state index >= 15 is 0 Å². The number of nitrogens with zero attached hydrogens (tertiary/aromatic N) is 4. The lowest BCUT2D eigenvalue weighted by Crippen LogP contribution is -2.34. The van der Waals surface area contributed by atoms with Crippen molar-refractivity contribution in [3.05, 3.63) is 24.5 Å². The van der Waals surface area contributed by atoms with E-state index in [-0.39, 0.29) is 19.1 Å². The molecule has 110 valence electrons. The normalized spacial score (nSPS) is 16.1. The Morgan fingerprint density at radius 2 is 2.35 bits per heavy atom. The van der Waals surface area contributed by atoms with Gasteiger partial charge >= 0.3 is 0 Å². The lowest BCUT2D eigenvalue weighted by atomic mass is 10.1. The van der Waals surface area contributed by atoms with Gasteiger partial charge in [0.1, 0.15) is 0 Å². The van der Waals surface area contributed by atoms with Gasteiger partial charge in [0.2, 0.25) is 0 Å². The summed E-state index contributed by atoms with van der Waals surface area (Å²) in [7, 11) is 0. The van der Waals surface area contributed by atoms with E-state index in [0.717, 1.165) is 25.9 Å². The van der Waals surface area contributed by atoms with E-state index < -0.39 is 0 Å². The predicted octanol–water partition coefficient (Wildman–Crippen LogP) is -0.177. The van der Waals surface area contributed by atoms with Crippen LogP contribution >= 0.6 is 0 Å². The molecule has 20 heavy (non-hydrogen) atoms. The number of aromatic nitrogens is 3. The molecule has 0 aliphatic carbocycles. The third-order valence-electron chi connectivity index (χ3n) is 3.42. The highest BCUT2D eigenvalue weighted by molar-refractivity contribution is 5.92. The summed E-state index contributed by atoms with van der Waals surface area (Å²) in [5.74, 6) is -0.223. The Labute approximate surface area is 118 Å². The van der Waals surface area contributed by atoms with Crippen LogP contribution in [0.1, 0.15) is 29.4 Å². The Balaban J connectivity index is 2.06. The summed E-state index contributed by atoms with van der Waals surface area (Å²) < 4.78 is 1.78. The molecule has 1 aromatic heterocycles. The molecule has 1 aromatic rings. The number of carbonyl (C=O) groups excluding carboxylic acids is 1. The van der Waals surface area contributed by atoms with E-state index in [0.29, 0.717) is 18.3 Å².